The van der Waals surface area contributed by atoms with Crippen LogP contribution in [0.15, 0.2) is 30.5 Å². The van der Waals surface area contributed by atoms with Gasteiger partial charge in [0.2, 0.25) is 10.0 Å². The Kier molecular flexibility index (Phi) is 4.11. The summed E-state index contributed by atoms with van der Waals surface area (Å²) in [4.78, 5) is 0. The van der Waals surface area contributed by atoms with Gasteiger partial charge >= 0.3 is 0 Å². The summed E-state index contributed by atoms with van der Waals surface area (Å²) in [6, 6.07) is 7.54. The molecule has 0 saturated heterocycles. The first kappa shape index (κ1) is 17.5. The summed E-state index contributed by atoms with van der Waals surface area (Å²) in [5.41, 5.74) is 3.02. The molecule has 2 aliphatic rings. The van der Waals surface area contributed by atoms with Crippen molar-refractivity contribution in [2.75, 3.05) is 7.11 Å². The number of nitrogens with one attached hydrogen (secondary N) is 1. The van der Waals surface area contributed by atoms with Crippen molar-refractivity contribution in [1.29, 1.82) is 0 Å². The minimum absolute atomic E-state index is 0.00596. The number of rotatable bonds is 5. The third-order valence-corrected chi connectivity index (χ3v) is 7.23. The smallest absolute Gasteiger partial charge is 0.215 e. The highest BCUT2D eigenvalue weighted by atomic mass is 32.2. The van der Waals surface area contributed by atoms with E-state index in [1.807, 2.05) is 35.1 Å². The van der Waals surface area contributed by atoms with Gasteiger partial charge in [0.15, 0.2) is 0 Å². The number of benzene rings is 1. The van der Waals surface area contributed by atoms with E-state index >= 15 is 0 Å². The fourth-order valence-electron chi connectivity index (χ4n) is 3.77. The SMILES string of the molecule is COc1ccc(-n2ncc3c2CC(C)(C)CC3NS(=O)(=O)C2CC2)cc1. The van der Waals surface area contributed by atoms with Crippen LogP contribution in [-0.2, 0) is 16.4 Å². The lowest BCUT2D eigenvalue weighted by Gasteiger charge is -2.35. The predicted octanol–water partition coefficient (Wildman–Crippen LogP) is 2.98. The van der Waals surface area contributed by atoms with E-state index in [0.29, 0.717) is 0 Å². The summed E-state index contributed by atoms with van der Waals surface area (Å²) in [7, 11) is -1.60. The second-order valence-corrected chi connectivity index (χ2v) is 10.1. The first-order valence-corrected chi connectivity index (χ1v) is 10.6. The van der Waals surface area contributed by atoms with Crippen LogP contribution in [0.1, 0.15) is 50.4 Å². The molecule has 1 aromatic carbocycles. The second kappa shape index (κ2) is 6.09. The van der Waals surface area contributed by atoms with Crippen LogP contribution in [0.2, 0.25) is 0 Å². The lowest BCUT2D eigenvalue weighted by Crippen LogP contribution is -2.38. The van der Waals surface area contributed by atoms with Gasteiger partial charge in [-0.25, -0.2) is 17.8 Å². The molecule has 1 aromatic heterocycles. The number of hydrogen-bond donors (Lipinski definition) is 1. The zero-order chi connectivity index (χ0) is 18.5. The van der Waals surface area contributed by atoms with Crippen LogP contribution in [0.4, 0.5) is 0 Å². The highest BCUT2D eigenvalue weighted by molar-refractivity contribution is 7.90. The van der Waals surface area contributed by atoms with Gasteiger partial charge in [-0.2, -0.15) is 5.10 Å². The molecule has 1 N–H and O–H groups in total. The zero-order valence-corrected chi connectivity index (χ0v) is 16.2. The molecule has 6 nitrogen and oxygen atoms in total. The van der Waals surface area contributed by atoms with Gasteiger partial charge in [0.25, 0.3) is 0 Å². The summed E-state index contributed by atoms with van der Waals surface area (Å²) in [5, 5.41) is 4.36. The highest BCUT2D eigenvalue weighted by Gasteiger charge is 2.41. The Labute approximate surface area is 154 Å². The standard InChI is InChI=1S/C19H25N3O3S/c1-19(2)10-17(21-26(23,24)15-8-9-15)16-12-20-22(18(16)11-19)13-4-6-14(25-3)7-5-13/h4-7,12,15,17,21H,8-11H2,1-3H3. The molecule has 7 heteroatoms. The number of methoxy groups -OCH3 is 1. The molecule has 140 valence electrons. The molecule has 1 unspecified atom stereocenters. The molecule has 0 radical (unpaired) electrons. The van der Waals surface area contributed by atoms with Crippen LogP contribution in [0.5, 0.6) is 5.75 Å². The van der Waals surface area contributed by atoms with E-state index in [2.05, 4.69) is 23.7 Å². The monoisotopic (exact) mass is 375 g/mol. The Morgan fingerprint density at radius 2 is 1.92 bits per heavy atom. The number of fused-ring (bicyclic) bond motifs is 1. The van der Waals surface area contributed by atoms with Crippen LogP contribution in [0.25, 0.3) is 5.69 Å². The Balaban J connectivity index is 1.71. The van der Waals surface area contributed by atoms with Crippen LogP contribution in [-0.4, -0.2) is 30.6 Å². The van der Waals surface area contributed by atoms with Gasteiger partial charge in [0.05, 0.1) is 30.3 Å². The number of nitrogens with zero attached hydrogens (tertiary/aromatic N) is 2. The molecule has 1 heterocycles. The van der Waals surface area contributed by atoms with Gasteiger partial charge in [0, 0.05) is 11.3 Å². The maximum atomic E-state index is 12.5. The molecule has 1 fully saturated rings. The summed E-state index contributed by atoms with van der Waals surface area (Å²) < 4.78 is 35.1. The Morgan fingerprint density at radius 3 is 2.54 bits per heavy atom. The Bertz CT molecular complexity index is 912. The largest absolute Gasteiger partial charge is 0.497 e. The second-order valence-electron chi connectivity index (χ2n) is 8.12. The van der Waals surface area contributed by atoms with Gasteiger partial charge in [-0.3, -0.25) is 0 Å². The lowest BCUT2D eigenvalue weighted by molar-refractivity contribution is 0.268. The molecule has 2 aliphatic carbocycles. The topological polar surface area (TPSA) is 73.2 Å². The Morgan fingerprint density at radius 1 is 1.23 bits per heavy atom. The fraction of sp³-hybridized carbons (Fsp3) is 0.526. The van der Waals surface area contributed by atoms with Crippen LogP contribution >= 0.6 is 0 Å². The van der Waals surface area contributed by atoms with Crippen LogP contribution in [0.3, 0.4) is 0 Å². The normalized spacial score (nSPS) is 22.0. The molecule has 0 amide bonds. The quantitative estimate of drug-likeness (QED) is 0.872. The summed E-state index contributed by atoms with van der Waals surface area (Å²) >= 11 is 0. The van der Waals surface area contributed by atoms with Crippen molar-refractivity contribution in [3.8, 4) is 11.4 Å². The van der Waals surface area contributed by atoms with E-state index in [9.17, 15) is 8.42 Å². The first-order valence-electron chi connectivity index (χ1n) is 9.01. The maximum Gasteiger partial charge on any atom is 0.215 e. The predicted molar refractivity (Wildman–Crippen MR) is 100 cm³/mol. The van der Waals surface area contributed by atoms with E-state index < -0.39 is 10.0 Å². The fourth-order valence-corrected chi connectivity index (χ4v) is 5.32. The number of hydrogen-bond acceptors (Lipinski definition) is 4. The first-order chi connectivity index (χ1) is 12.3. The molecule has 1 saturated carbocycles. The average Bonchev–Trinajstić information content (AvgIpc) is 3.36. The highest BCUT2D eigenvalue weighted by Crippen LogP contribution is 2.42. The van der Waals surface area contributed by atoms with E-state index in [4.69, 9.17) is 4.74 Å². The summed E-state index contributed by atoms with van der Waals surface area (Å²) in [6.07, 6.45) is 4.98. The molecule has 1 atom stereocenters. The lowest BCUT2D eigenvalue weighted by atomic mass is 9.74. The van der Waals surface area contributed by atoms with Crippen molar-refractivity contribution in [2.45, 2.75) is 50.8 Å². The molecule has 26 heavy (non-hydrogen) atoms. The van der Waals surface area contributed by atoms with Gasteiger partial charge in [-0.05, 0) is 55.4 Å². The molecule has 0 bridgehead atoms. The van der Waals surface area contributed by atoms with Gasteiger partial charge in [0.1, 0.15) is 5.75 Å². The molecular weight excluding hydrogens is 350 g/mol. The summed E-state index contributed by atoms with van der Waals surface area (Å²) in [5.74, 6) is 0.796. The van der Waals surface area contributed by atoms with Crippen molar-refractivity contribution >= 4 is 10.0 Å². The van der Waals surface area contributed by atoms with Crippen LogP contribution in [0, 0.1) is 5.41 Å². The molecule has 2 aromatic rings. The maximum absolute atomic E-state index is 12.5. The zero-order valence-electron chi connectivity index (χ0n) is 15.4. The van der Waals surface area contributed by atoms with Crippen molar-refractivity contribution < 1.29 is 13.2 Å². The van der Waals surface area contributed by atoms with Crippen molar-refractivity contribution in [3.63, 3.8) is 0 Å². The van der Waals surface area contributed by atoms with E-state index in [0.717, 1.165) is 48.4 Å². The van der Waals surface area contributed by atoms with Gasteiger partial charge < -0.3 is 4.74 Å². The summed E-state index contributed by atoms with van der Waals surface area (Å²) in [6.45, 7) is 4.36. The van der Waals surface area contributed by atoms with Gasteiger partial charge in [-0.15, -0.1) is 0 Å². The molecule has 0 aliphatic heterocycles. The van der Waals surface area contributed by atoms with Crippen molar-refractivity contribution in [1.82, 2.24) is 14.5 Å². The van der Waals surface area contributed by atoms with Crippen molar-refractivity contribution in [2.24, 2.45) is 5.41 Å². The average molecular weight is 375 g/mol. The third kappa shape index (κ3) is 3.25. The van der Waals surface area contributed by atoms with Crippen LogP contribution < -0.4 is 9.46 Å². The Hall–Kier alpha value is -1.86. The number of ether oxygens (including phenoxy) is 1. The van der Waals surface area contributed by atoms with E-state index in [1.54, 1.807) is 7.11 Å². The third-order valence-electron chi connectivity index (χ3n) is 5.27. The number of sulfonamides is 1. The number of aromatic nitrogens is 2. The van der Waals surface area contributed by atoms with E-state index in [1.165, 1.54) is 0 Å². The molecule has 0 spiro atoms. The molecule has 4 rings (SSSR count). The van der Waals surface area contributed by atoms with Crippen molar-refractivity contribution in [3.05, 3.63) is 41.7 Å². The van der Waals surface area contributed by atoms with Gasteiger partial charge in [-0.1, -0.05) is 13.8 Å². The minimum Gasteiger partial charge on any atom is -0.497 e. The van der Waals surface area contributed by atoms with E-state index in [-0.39, 0.29) is 16.7 Å². The molecular formula is C19H25N3O3S. The minimum atomic E-state index is -3.25.